The lowest BCUT2D eigenvalue weighted by atomic mass is 10.1. The SMILES string of the molecule is O=C(O)CCc1cc(Br)c(OCc2cccc(/C=C/c3ccccc3)c2)c(Br)c1. The van der Waals surface area contributed by atoms with Gasteiger partial charge in [-0.25, -0.2) is 0 Å². The van der Waals surface area contributed by atoms with E-state index in [0.717, 1.165) is 31.2 Å². The number of aliphatic carboxylic acids is 1. The van der Waals surface area contributed by atoms with Gasteiger partial charge in [-0.2, -0.15) is 0 Å². The van der Waals surface area contributed by atoms with Crippen LogP contribution < -0.4 is 4.74 Å². The smallest absolute Gasteiger partial charge is 0.303 e. The molecule has 3 rings (SSSR count). The van der Waals surface area contributed by atoms with Crippen LogP contribution in [0.5, 0.6) is 5.75 Å². The Balaban J connectivity index is 1.67. The molecular formula is C24H20Br2O3. The van der Waals surface area contributed by atoms with Gasteiger partial charge < -0.3 is 9.84 Å². The predicted molar refractivity (Wildman–Crippen MR) is 124 cm³/mol. The standard InChI is InChI=1S/C24H20Br2O3/c25-21-14-19(11-12-23(27)28)15-22(26)24(21)29-16-20-8-4-7-18(13-20)10-9-17-5-2-1-3-6-17/h1-10,13-15H,11-12,16H2,(H,27,28)/b10-9+. The molecule has 0 aliphatic rings. The van der Waals surface area contributed by atoms with Gasteiger partial charge in [-0.05, 0) is 78.7 Å². The number of carboxylic acids is 1. The van der Waals surface area contributed by atoms with Crippen LogP contribution in [-0.4, -0.2) is 11.1 Å². The maximum absolute atomic E-state index is 10.8. The Morgan fingerprint density at radius 3 is 2.21 bits per heavy atom. The van der Waals surface area contributed by atoms with Gasteiger partial charge in [0.15, 0.2) is 0 Å². The van der Waals surface area contributed by atoms with Gasteiger partial charge in [-0.1, -0.05) is 60.7 Å². The molecular weight excluding hydrogens is 496 g/mol. The van der Waals surface area contributed by atoms with Crippen molar-refractivity contribution in [2.24, 2.45) is 0 Å². The minimum absolute atomic E-state index is 0.0996. The molecule has 0 saturated carbocycles. The second-order valence-corrected chi connectivity index (χ2v) is 8.27. The quantitative estimate of drug-likeness (QED) is 0.329. The average molecular weight is 516 g/mol. The lowest BCUT2D eigenvalue weighted by Crippen LogP contribution is -2.00. The van der Waals surface area contributed by atoms with E-state index in [0.29, 0.717) is 18.8 Å². The third kappa shape index (κ3) is 6.58. The highest BCUT2D eigenvalue weighted by atomic mass is 79.9. The zero-order chi connectivity index (χ0) is 20.6. The van der Waals surface area contributed by atoms with Crippen LogP contribution in [0.3, 0.4) is 0 Å². The summed E-state index contributed by atoms with van der Waals surface area (Å²) >= 11 is 7.06. The van der Waals surface area contributed by atoms with Gasteiger partial charge in [-0.3, -0.25) is 4.79 Å². The van der Waals surface area contributed by atoms with Gasteiger partial charge in [0.1, 0.15) is 12.4 Å². The molecule has 5 heteroatoms. The lowest BCUT2D eigenvalue weighted by Gasteiger charge is -2.12. The molecule has 3 nitrogen and oxygen atoms in total. The first-order valence-electron chi connectivity index (χ1n) is 9.16. The molecule has 0 radical (unpaired) electrons. The van der Waals surface area contributed by atoms with Gasteiger partial charge in [0.25, 0.3) is 0 Å². The summed E-state index contributed by atoms with van der Waals surface area (Å²) in [7, 11) is 0. The molecule has 0 heterocycles. The molecule has 3 aromatic carbocycles. The third-order valence-corrected chi connectivity index (χ3v) is 5.47. The molecule has 0 bridgehead atoms. The number of rotatable bonds is 8. The van der Waals surface area contributed by atoms with Crippen molar-refractivity contribution in [3.8, 4) is 5.75 Å². The van der Waals surface area contributed by atoms with Crippen LogP contribution in [0.4, 0.5) is 0 Å². The van der Waals surface area contributed by atoms with E-state index < -0.39 is 5.97 Å². The van der Waals surface area contributed by atoms with Crippen LogP contribution in [0.25, 0.3) is 12.2 Å². The predicted octanol–water partition coefficient (Wildman–Crippen LogP) is 6.98. The molecule has 0 unspecified atom stereocenters. The maximum atomic E-state index is 10.8. The monoisotopic (exact) mass is 514 g/mol. The first-order valence-corrected chi connectivity index (χ1v) is 10.7. The van der Waals surface area contributed by atoms with E-state index >= 15 is 0 Å². The summed E-state index contributed by atoms with van der Waals surface area (Å²) in [6.45, 7) is 0.429. The van der Waals surface area contributed by atoms with Crippen LogP contribution in [0.15, 0.2) is 75.7 Å². The van der Waals surface area contributed by atoms with E-state index in [1.807, 2.05) is 42.5 Å². The number of carbonyl (C=O) groups is 1. The summed E-state index contributed by atoms with van der Waals surface area (Å²) in [4.78, 5) is 10.8. The van der Waals surface area contributed by atoms with Gasteiger partial charge in [-0.15, -0.1) is 0 Å². The van der Waals surface area contributed by atoms with Gasteiger partial charge in [0, 0.05) is 6.42 Å². The van der Waals surface area contributed by atoms with E-state index in [2.05, 4.69) is 68.3 Å². The van der Waals surface area contributed by atoms with Gasteiger partial charge in [0.05, 0.1) is 8.95 Å². The largest absolute Gasteiger partial charge is 0.487 e. The molecule has 0 saturated heterocycles. The number of ether oxygens (including phenoxy) is 1. The first kappa shape index (κ1) is 21.3. The minimum atomic E-state index is -0.807. The molecule has 29 heavy (non-hydrogen) atoms. The van der Waals surface area contributed by atoms with Crippen molar-refractivity contribution >= 4 is 50.0 Å². The second-order valence-electron chi connectivity index (χ2n) is 6.56. The zero-order valence-electron chi connectivity index (χ0n) is 15.6. The molecule has 1 N–H and O–H groups in total. The van der Waals surface area contributed by atoms with E-state index in [-0.39, 0.29) is 6.42 Å². The summed E-state index contributed by atoms with van der Waals surface area (Å²) in [5.74, 6) is -0.104. The van der Waals surface area contributed by atoms with Crippen LogP contribution in [0.1, 0.15) is 28.7 Å². The summed E-state index contributed by atoms with van der Waals surface area (Å²) in [6.07, 6.45) is 4.75. The number of hydrogen-bond donors (Lipinski definition) is 1. The van der Waals surface area contributed by atoms with Crippen molar-refractivity contribution in [1.29, 1.82) is 0 Å². The highest BCUT2D eigenvalue weighted by molar-refractivity contribution is 9.11. The van der Waals surface area contributed by atoms with Crippen molar-refractivity contribution in [2.45, 2.75) is 19.4 Å². The highest BCUT2D eigenvalue weighted by Crippen LogP contribution is 2.35. The fraction of sp³-hybridized carbons (Fsp3) is 0.125. The molecule has 0 aliphatic carbocycles. The number of halogens is 2. The Labute approximate surface area is 187 Å². The van der Waals surface area contributed by atoms with Crippen molar-refractivity contribution < 1.29 is 14.6 Å². The number of aryl methyl sites for hydroxylation is 1. The van der Waals surface area contributed by atoms with Crippen LogP contribution in [-0.2, 0) is 17.8 Å². The van der Waals surface area contributed by atoms with Crippen molar-refractivity contribution in [1.82, 2.24) is 0 Å². The Kier molecular flexibility index (Phi) is 7.67. The van der Waals surface area contributed by atoms with Crippen molar-refractivity contribution in [3.63, 3.8) is 0 Å². The third-order valence-electron chi connectivity index (χ3n) is 4.29. The maximum Gasteiger partial charge on any atom is 0.303 e. The summed E-state index contributed by atoms with van der Waals surface area (Å²) < 4.78 is 7.61. The summed E-state index contributed by atoms with van der Waals surface area (Å²) in [5, 5.41) is 8.85. The molecule has 0 fully saturated rings. The Morgan fingerprint density at radius 1 is 0.862 bits per heavy atom. The van der Waals surface area contributed by atoms with Crippen LogP contribution in [0, 0.1) is 0 Å². The lowest BCUT2D eigenvalue weighted by molar-refractivity contribution is -0.136. The normalized spacial score (nSPS) is 11.0. The van der Waals surface area contributed by atoms with E-state index in [1.165, 1.54) is 0 Å². The topological polar surface area (TPSA) is 46.5 Å². The Morgan fingerprint density at radius 2 is 1.52 bits per heavy atom. The summed E-state index contributed by atoms with van der Waals surface area (Å²) in [5.41, 5.74) is 4.27. The molecule has 0 amide bonds. The van der Waals surface area contributed by atoms with E-state index in [4.69, 9.17) is 9.84 Å². The van der Waals surface area contributed by atoms with Gasteiger partial charge in [0.2, 0.25) is 0 Å². The van der Waals surface area contributed by atoms with Crippen LogP contribution >= 0.6 is 31.9 Å². The van der Waals surface area contributed by atoms with Crippen molar-refractivity contribution in [3.05, 3.63) is 97.9 Å². The Bertz CT molecular complexity index is 991. The average Bonchev–Trinajstić information content (AvgIpc) is 2.71. The fourth-order valence-corrected chi connectivity index (χ4v) is 4.35. The van der Waals surface area contributed by atoms with Crippen LogP contribution in [0.2, 0.25) is 0 Å². The first-order chi connectivity index (χ1) is 14.0. The minimum Gasteiger partial charge on any atom is -0.487 e. The van der Waals surface area contributed by atoms with E-state index in [1.54, 1.807) is 0 Å². The molecule has 0 aromatic heterocycles. The second kappa shape index (κ2) is 10.4. The molecule has 148 valence electrons. The van der Waals surface area contributed by atoms with Gasteiger partial charge >= 0.3 is 5.97 Å². The number of benzene rings is 3. The highest BCUT2D eigenvalue weighted by Gasteiger charge is 2.10. The molecule has 0 atom stereocenters. The fourth-order valence-electron chi connectivity index (χ4n) is 2.84. The Hall–Kier alpha value is -2.37. The zero-order valence-corrected chi connectivity index (χ0v) is 18.8. The van der Waals surface area contributed by atoms with Crippen molar-refractivity contribution in [2.75, 3.05) is 0 Å². The summed E-state index contributed by atoms with van der Waals surface area (Å²) in [6, 6.07) is 22.2. The number of hydrogen-bond acceptors (Lipinski definition) is 2. The number of carboxylic acid groups (broad SMARTS) is 1. The van der Waals surface area contributed by atoms with E-state index in [9.17, 15) is 4.79 Å². The molecule has 0 spiro atoms. The molecule has 3 aromatic rings. The molecule has 0 aliphatic heterocycles.